The van der Waals surface area contributed by atoms with Gasteiger partial charge in [0.1, 0.15) is 11.9 Å². The highest BCUT2D eigenvalue weighted by molar-refractivity contribution is 6.32. The van der Waals surface area contributed by atoms with Gasteiger partial charge in [-0.05, 0) is 24.3 Å². The molecule has 8 nitrogen and oxygen atoms in total. The van der Waals surface area contributed by atoms with Crippen LogP contribution in [0.15, 0.2) is 66.9 Å². The number of hydrogen-bond acceptors (Lipinski definition) is 7. The van der Waals surface area contributed by atoms with E-state index in [0.717, 1.165) is 24.4 Å². The lowest BCUT2D eigenvalue weighted by Crippen LogP contribution is -2.08. The fourth-order valence-corrected chi connectivity index (χ4v) is 3.55. The van der Waals surface area contributed by atoms with Crippen LogP contribution in [0, 0.1) is 10.1 Å². The number of alkyl halides is 6. The van der Waals surface area contributed by atoms with Crippen molar-refractivity contribution in [3.05, 3.63) is 93.3 Å². The molecule has 39 heavy (non-hydrogen) atoms. The summed E-state index contributed by atoms with van der Waals surface area (Å²) in [5.41, 5.74) is 14.0. The van der Waals surface area contributed by atoms with Crippen LogP contribution in [0.2, 0.25) is 5.15 Å². The molecule has 0 fully saturated rings. The van der Waals surface area contributed by atoms with Crippen LogP contribution in [0.5, 0.6) is 0 Å². The zero-order valence-electron chi connectivity index (χ0n) is 19.4. The minimum Gasteiger partial charge on any atom is -0.397 e. The second-order valence-corrected chi connectivity index (χ2v) is 8.13. The summed E-state index contributed by atoms with van der Waals surface area (Å²) < 4.78 is 77.3. The summed E-state index contributed by atoms with van der Waals surface area (Å²) in [5.74, 6) is 0. The number of anilines is 3. The maximum absolute atomic E-state index is 12.9. The normalized spacial score (nSPS) is 11.5. The second-order valence-electron chi connectivity index (χ2n) is 7.77. The molecule has 0 radical (unpaired) electrons. The van der Waals surface area contributed by atoms with E-state index in [1.807, 2.05) is 0 Å². The van der Waals surface area contributed by atoms with Gasteiger partial charge in [0.05, 0.1) is 38.8 Å². The summed E-state index contributed by atoms with van der Waals surface area (Å²) in [7, 11) is 0. The summed E-state index contributed by atoms with van der Waals surface area (Å²) in [6.07, 6.45) is -8.19. The molecule has 0 aliphatic rings. The first-order valence-electron chi connectivity index (χ1n) is 10.6. The Labute approximate surface area is 221 Å². The average Bonchev–Trinajstić information content (AvgIpc) is 2.86. The fourth-order valence-electron chi connectivity index (χ4n) is 3.35. The number of nitro groups is 1. The number of rotatable bonds is 3. The Kier molecular flexibility index (Phi) is 8.19. The number of pyridine rings is 2. The molecule has 4 aromatic rings. The molecule has 0 aliphatic carbocycles. The molecule has 204 valence electrons. The molecular formula is C24H17ClF6N6O2. The first-order chi connectivity index (χ1) is 18.1. The van der Waals surface area contributed by atoms with E-state index in [1.165, 1.54) is 42.5 Å². The van der Waals surface area contributed by atoms with E-state index in [1.54, 1.807) is 0 Å². The van der Waals surface area contributed by atoms with E-state index < -0.39 is 34.1 Å². The Hall–Kier alpha value is -4.59. The van der Waals surface area contributed by atoms with Crippen molar-refractivity contribution in [3.8, 4) is 22.5 Å². The highest BCUT2D eigenvalue weighted by Crippen LogP contribution is 2.39. The van der Waals surface area contributed by atoms with E-state index >= 15 is 0 Å². The van der Waals surface area contributed by atoms with Gasteiger partial charge in [-0.25, -0.2) is 9.97 Å². The average molecular weight is 571 g/mol. The first kappa shape index (κ1) is 29.0. The van der Waals surface area contributed by atoms with E-state index in [2.05, 4.69) is 9.97 Å². The SMILES string of the molecule is Nc1cc(-c2ccccc2C(F)(F)F)nc(Cl)c1N.Nc1cc(-c2ccccc2C(F)(F)F)ncc1[N+](=O)[O-]. The van der Waals surface area contributed by atoms with Crippen molar-refractivity contribution in [1.82, 2.24) is 9.97 Å². The van der Waals surface area contributed by atoms with Gasteiger partial charge in [-0.2, -0.15) is 26.3 Å². The molecule has 4 rings (SSSR count). The topological polar surface area (TPSA) is 147 Å². The Balaban J connectivity index is 0.000000216. The summed E-state index contributed by atoms with van der Waals surface area (Å²) in [6.45, 7) is 0. The molecule has 0 amide bonds. The third-order valence-electron chi connectivity index (χ3n) is 5.17. The largest absolute Gasteiger partial charge is 0.417 e. The van der Waals surface area contributed by atoms with E-state index in [-0.39, 0.29) is 44.7 Å². The van der Waals surface area contributed by atoms with Gasteiger partial charge in [0.25, 0.3) is 0 Å². The third kappa shape index (κ3) is 6.65. The van der Waals surface area contributed by atoms with Crippen LogP contribution in [0.3, 0.4) is 0 Å². The van der Waals surface area contributed by atoms with Crippen LogP contribution in [-0.2, 0) is 12.4 Å². The molecule has 0 spiro atoms. The minimum atomic E-state index is -4.55. The lowest BCUT2D eigenvalue weighted by atomic mass is 10.0. The molecule has 0 bridgehead atoms. The summed E-state index contributed by atoms with van der Waals surface area (Å²) in [6, 6.07) is 12.2. The summed E-state index contributed by atoms with van der Waals surface area (Å²) in [4.78, 5) is 17.4. The maximum atomic E-state index is 12.9. The lowest BCUT2D eigenvalue weighted by molar-refractivity contribution is -0.384. The van der Waals surface area contributed by atoms with Gasteiger partial charge in [-0.1, -0.05) is 48.0 Å². The molecule has 2 aromatic carbocycles. The van der Waals surface area contributed by atoms with Crippen molar-refractivity contribution >= 4 is 34.4 Å². The smallest absolute Gasteiger partial charge is 0.397 e. The van der Waals surface area contributed by atoms with Crippen LogP contribution in [0.1, 0.15) is 11.1 Å². The van der Waals surface area contributed by atoms with Crippen molar-refractivity contribution in [3.63, 3.8) is 0 Å². The lowest BCUT2D eigenvalue weighted by Gasteiger charge is -2.13. The van der Waals surface area contributed by atoms with Gasteiger partial charge >= 0.3 is 18.0 Å². The van der Waals surface area contributed by atoms with Crippen molar-refractivity contribution in [2.75, 3.05) is 17.2 Å². The predicted octanol–water partition coefficient (Wildman–Crippen LogP) is 6.84. The highest BCUT2D eigenvalue weighted by Gasteiger charge is 2.34. The molecule has 2 heterocycles. The van der Waals surface area contributed by atoms with Crippen LogP contribution in [-0.4, -0.2) is 14.9 Å². The molecule has 15 heteroatoms. The van der Waals surface area contributed by atoms with Crippen LogP contribution >= 0.6 is 11.6 Å². The van der Waals surface area contributed by atoms with Crippen molar-refractivity contribution in [2.45, 2.75) is 12.4 Å². The van der Waals surface area contributed by atoms with E-state index in [0.29, 0.717) is 0 Å². The Morgan fingerprint density at radius 2 is 1.23 bits per heavy atom. The minimum absolute atomic E-state index is 0.0321. The first-order valence-corrected chi connectivity index (χ1v) is 10.9. The molecular weight excluding hydrogens is 554 g/mol. The summed E-state index contributed by atoms with van der Waals surface area (Å²) >= 11 is 5.74. The monoisotopic (exact) mass is 570 g/mol. The second kappa shape index (κ2) is 11.0. The number of nitrogens with two attached hydrogens (primary N) is 3. The van der Waals surface area contributed by atoms with Gasteiger partial charge in [0.15, 0.2) is 5.15 Å². The van der Waals surface area contributed by atoms with Gasteiger partial charge in [0, 0.05) is 11.1 Å². The van der Waals surface area contributed by atoms with Crippen LogP contribution in [0.4, 0.5) is 49.1 Å². The number of nitrogen functional groups attached to an aromatic ring is 3. The molecule has 0 unspecified atom stereocenters. The quantitative estimate of drug-likeness (QED) is 0.106. The zero-order valence-corrected chi connectivity index (χ0v) is 20.1. The number of hydrogen-bond donors (Lipinski definition) is 3. The summed E-state index contributed by atoms with van der Waals surface area (Å²) in [5, 5.41) is 10.5. The van der Waals surface area contributed by atoms with Crippen molar-refractivity contribution in [2.24, 2.45) is 0 Å². The molecule has 0 aliphatic heterocycles. The number of nitrogens with zero attached hydrogens (tertiary/aromatic N) is 3. The number of benzene rings is 2. The molecule has 6 N–H and O–H groups in total. The van der Waals surface area contributed by atoms with Gasteiger partial charge < -0.3 is 17.2 Å². The standard InChI is InChI=1S/C12H9ClF3N3.C12H8F3N3O2/c13-11-10(18)8(17)5-9(19-11)6-3-1-2-4-7(6)12(14,15)16;13-12(14,15)8-4-2-1-3-7(8)10-5-9(16)11(6-17-10)18(19)20/h1-5H,18H2,(H2,17,19);1-6H,(H2,16,17). The zero-order chi connectivity index (χ0) is 29.1. The van der Waals surface area contributed by atoms with Crippen LogP contribution < -0.4 is 17.2 Å². The molecule has 2 aromatic heterocycles. The highest BCUT2D eigenvalue weighted by atomic mass is 35.5. The van der Waals surface area contributed by atoms with Gasteiger partial charge in [0.2, 0.25) is 0 Å². The number of aromatic nitrogens is 2. The van der Waals surface area contributed by atoms with Gasteiger partial charge in [-0.15, -0.1) is 0 Å². The Bertz CT molecular complexity index is 1500. The molecule has 0 atom stereocenters. The predicted molar refractivity (Wildman–Crippen MR) is 134 cm³/mol. The van der Waals surface area contributed by atoms with Crippen molar-refractivity contribution < 1.29 is 31.3 Å². The van der Waals surface area contributed by atoms with E-state index in [9.17, 15) is 36.5 Å². The molecule has 0 saturated heterocycles. The Morgan fingerprint density at radius 3 is 1.67 bits per heavy atom. The Morgan fingerprint density at radius 1 is 0.769 bits per heavy atom. The third-order valence-corrected chi connectivity index (χ3v) is 5.46. The fraction of sp³-hybridized carbons (Fsp3) is 0.0833. The molecule has 0 saturated carbocycles. The van der Waals surface area contributed by atoms with Crippen LogP contribution in [0.25, 0.3) is 22.5 Å². The maximum Gasteiger partial charge on any atom is 0.417 e. The van der Waals surface area contributed by atoms with Gasteiger partial charge in [-0.3, -0.25) is 10.1 Å². The van der Waals surface area contributed by atoms with Crippen molar-refractivity contribution in [1.29, 1.82) is 0 Å². The van der Waals surface area contributed by atoms with E-state index in [4.69, 9.17) is 28.8 Å². The number of halogens is 7.